The first-order chi connectivity index (χ1) is 11.2. The summed E-state index contributed by atoms with van der Waals surface area (Å²) in [6.07, 6.45) is 0. The molecule has 0 fully saturated rings. The number of rotatable bonds is 4. The van der Waals surface area contributed by atoms with E-state index in [2.05, 4.69) is 0 Å². The number of nitro groups is 1. The maximum absolute atomic E-state index is 11.1. The van der Waals surface area contributed by atoms with Gasteiger partial charge in [0, 0.05) is 18.6 Å². The van der Waals surface area contributed by atoms with Crippen LogP contribution in [0.5, 0.6) is 17.2 Å². The number of carbonyl (C=O) groups excluding carboxylic acids is 1. The van der Waals surface area contributed by atoms with E-state index in [0.29, 0.717) is 5.56 Å². The quantitative estimate of drug-likeness (QED) is 0.279. The summed E-state index contributed by atoms with van der Waals surface area (Å²) in [6.45, 7) is 2.87. The Balaban J connectivity index is 2.44. The van der Waals surface area contributed by atoms with Gasteiger partial charge in [-0.1, -0.05) is 23.2 Å². The van der Waals surface area contributed by atoms with Gasteiger partial charge in [-0.3, -0.25) is 14.9 Å². The lowest BCUT2D eigenvalue weighted by Crippen LogP contribution is -2.03. The first-order valence-electron chi connectivity index (χ1n) is 6.59. The van der Waals surface area contributed by atoms with Crippen LogP contribution < -0.4 is 15.2 Å². The largest absolute Gasteiger partial charge is 0.454 e. The fourth-order valence-corrected chi connectivity index (χ4v) is 2.40. The standard InChI is InChI=1S/C15H12Cl2N2O5/c1-7-13(23-8(2)20)6-10(16)15(14(7)17)24-9-3-4-11(18)12(5-9)19(21)22/h3-6H,18H2,1-2H3. The van der Waals surface area contributed by atoms with E-state index in [9.17, 15) is 14.9 Å². The van der Waals surface area contributed by atoms with Gasteiger partial charge in [0.2, 0.25) is 0 Å². The van der Waals surface area contributed by atoms with Crippen molar-refractivity contribution in [3.8, 4) is 17.2 Å². The van der Waals surface area contributed by atoms with Crippen molar-refractivity contribution in [3.05, 3.63) is 50.0 Å². The SMILES string of the molecule is CC(=O)Oc1cc(Cl)c(Oc2ccc(N)c([N+](=O)[O-])c2)c(Cl)c1C. The molecule has 0 saturated carbocycles. The fraction of sp³-hybridized carbons (Fsp3) is 0.133. The van der Waals surface area contributed by atoms with E-state index in [4.69, 9.17) is 38.4 Å². The summed E-state index contributed by atoms with van der Waals surface area (Å²) < 4.78 is 10.6. The Kier molecular flexibility index (Phi) is 5.16. The van der Waals surface area contributed by atoms with Crippen LogP contribution >= 0.6 is 23.2 Å². The van der Waals surface area contributed by atoms with E-state index in [1.165, 1.54) is 25.1 Å². The molecule has 0 aliphatic heterocycles. The Morgan fingerprint density at radius 3 is 2.54 bits per heavy atom. The van der Waals surface area contributed by atoms with Crippen molar-refractivity contribution in [2.75, 3.05) is 5.73 Å². The summed E-state index contributed by atoms with van der Waals surface area (Å²) in [5.41, 5.74) is 5.68. The number of hydrogen-bond donors (Lipinski definition) is 1. The molecule has 2 N–H and O–H groups in total. The summed E-state index contributed by atoms with van der Waals surface area (Å²) in [7, 11) is 0. The van der Waals surface area contributed by atoms with Crippen LogP contribution in [0.2, 0.25) is 10.0 Å². The first kappa shape index (κ1) is 17.8. The minimum Gasteiger partial charge on any atom is -0.454 e. The highest BCUT2D eigenvalue weighted by Gasteiger charge is 2.19. The van der Waals surface area contributed by atoms with Crippen molar-refractivity contribution < 1.29 is 19.2 Å². The Bertz CT molecular complexity index is 839. The highest BCUT2D eigenvalue weighted by Crippen LogP contribution is 2.43. The van der Waals surface area contributed by atoms with E-state index in [1.807, 2.05) is 0 Å². The van der Waals surface area contributed by atoms with Crippen LogP contribution in [-0.2, 0) is 4.79 Å². The summed E-state index contributed by atoms with van der Waals surface area (Å²) in [6, 6.07) is 5.34. The van der Waals surface area contributed by atoms with E-state index < -0.39 is 10.9 Å². The molecule has 24 heavy (non-hydrogen) atoms. The van der Waals surface area contributed by atoms with Gasteiger partial charge < -0.3 is 15.2 Å². The van der Waals surface area contributed by atoms with Crippen LogP contribution in [0.25, 0.3) is 0 Å². The van der Waals surface area contributed by atoms with Crippen LogP contribution in [0, 0.1) is 17.0 Å². The number of carbonyl (C=O) groups is 1. The smallest absolute Gasteiger partial charge is 0.308 e. The summed E-state index contributed by atoms with van der Waals surface area (Å²) in [4.78, 5) is 21.4. The lowest BCUT2D eigenvalue weighted by atomic mass is 10.2. The van der Waals surface area contributed by atoms with Crippen LogP contribution in [-0.4, -0.2) is 10.9 Å². The number of halogens is 2. The molecule has 126 valence electrons. The molecule has 0 spiro atoms. The number of hydrogen-bond acceptors (Lipinski definition) is 6. The molecular weight excluding hydrogens is 359 g/mol. The fourth-order valence-electron chi connectivity index (χ4n) is 1.89. The molecule has 0 aromatic heterocycles. The maximum atomic E-state index is 11.1. The van der Waals surface area contributed by atoms with Crippen molar-refractivity contribution in [2.24, 2.45) is 0 Å². The molecule has 0 atom stereocenters. The molecule has 2 aromatic carbocycles. The second kappa shape index (κ2) is 6.94. The molecule has 0 bridgehead atoms. The topological polar surface area (TPSA) is 105 Å². The molecule has 0 saturated heterocycles. The molecule has 0 aliphatic rings. The van der Waals surface area contributed by atoms with Crippen molar-refractivity contribution in [1.29, 1.82) is 0 Å². The summed E-state index contributed by atoms with van der Waals surface area (Å²) >= 11 is 12.3. The highest BCUT2D eigenvalue weighted by atomic mass is 35.5. The van der Waals surface area contributed by atoms with Crippen LogP contribution in [0.15, 0.2) is 24.3 Å². The third-order valence-electron chi connectivity index (χ3n) is 3.05. The molecule has 2 rings (SSSR count). The van der Waals surface area contributed by atoms with Crippen molar-refractivity contribution in [1.82, 2.24) is 0 Å². The number of nitro benzene ring substituents is 1. The summed E-state index contributed by atoms with van der Waals surface area (Å²) in [5.74, 6) is -0.0914. The first-order valence-corrected chi connectivity index (χ1v) is 7.35. The number of esters is 1. The minimum atomic E-state index is -0.625. The van der Waals surface area contributed by atoms with Crippen LogP contribution in [0.3, 0.4) is 0 Å². The average Bonchev–Trinajstić information content (AvgIpc) is 2.49. The number of nitrogen functional groups attached to an aromatic ring is 1. The van der Waals surface area contributed by atoms with Crippen molar-refractivity contribution in [2.45, 2.75) is 13.8 Å². The highest BCUT2D eigenvalue weighted by molar-refractivity contribution is 6.38. The molecule has 0 amide bonds. The predicted octanol–water partition coefficient (Wildman–Crippen LogP) is 4.51. The number of nitrogens with two attached hydrogens (primary N) is 1. The van der Waals surface area contributed by atoms with Gasteiger partial charge in [0.05, 0.1) is 21.0 Å². The van der Waals surface area contributed by atoms with Crippen LogP contribution in [0.1, 0.15) is 12.5 Å². The van der Waals surface area contributed by atoms with Gasteiger partial charge in [0.1, 0.15) is 17.2 Å². The van der Waals surface area contributed by atoms with E-state index in [1.54, 1.807) is 6.92 Å². The number of benzene rings is 2. The molecule has 0 radical (unpaired) electrons. The third kappa shape index (κ3) is 3.69. The summed E-state index contributed by atoms with van der Waals surface area (Å²) in [5, 5.41) is 11.1. The Morgan fingerprint density at radius 2 is 1.96 bits per heavy atom. The second-order valence-corrected chi connectivity index (χ2v) is 5.58. The zero-order chi connectivity index (χ0) is 18.0. The number of nitrogens with zero attached hydrogens (tertiary/aromatic N) is 1. The van der Waals surface area contributed by atoms with E-state index in [-0.39, 0.29) is 38.7 Å². The monoisotopic (exact) mass is 370 g/mol. The molecule has 0 aliphatic carbocycles. The van der Waals surface area contributed by atoms with Crippen LogP contribution in [0.4, 0.5) is 11.4 Å². The predicted molar refractivity (Wildman–Crippen MR) is 90.1 cm³/mol. The molecule has 0 unspecified atom stereocenters. The minimum absolute atomic E-state index is 0.00549. The van der Waals surface area contributed by atoms with Crippen molar-refractivity contribution >= 4 is 40.5 Å². The zero-order valence-corrected chi connectivity index (χ0v) is 14.1. The zero-order valence-electron chi connectivity index (χ0n) is 12.6. The number of ether oxygens (including phenoxy) is 2. The van der Waals surface area contributed by atoms with Gasteiger partial charge in [-0.15, -0.1) is 0 Å². The lowest BCUT2D eigenvalue weighted by Gasteiger charge is -2.14. The average molecular weight is 371 g/mol. The molecular formula is C15H12Cl2N2O5. The van der Waals surface area contributed by atoms with Gasteiger partial charge in [-0.25, -0.2) is 0 Å². The Labute approximate surface area is 147 Å². The molecule has 9 heteroatoms. The Morgan fingerprint density at radius 1 is 1.29 bits per heavy atom. The molecule has 2 aromatic rings. The van der Waals surface area contributed by atoms with Gasteiger partial charge in [0.25, 0.3) is 5.69 Å². The van der Waals surface area contributed by atoms with Gasteiger partial charge >= 0.3 is 5.97 Å². The van der Waals surface area contributed by atoms with Gasteiger partial charge in [-0.05, 0) is 19.1 Å². The van der Waals surface area contributed by atoms with Gasteiger partial charge in [0.15, 0.2) is 5.75 Å². The Hall–Kier alpha value is -2.51. The normalized spacial score (nSPS) is 10.3. The second-order valence-electron chi connectivity index (χ2n) is 4.80. The molecule has 7 nitrogen and oxygen atoms in total. The third-order valence-corrected chi connectivity index (χ3v) is 3.78. The van der Waals surface area contributed by atoms with E-state index in [0.717, 1.165) is 6.07 Å². The lowest BCUT2D eigenvalue weighted by molar-refractivity contribution is -0.384. The van der Waals surface area contributed by atoms with Crippen molar-refractivity contribution in [3.63, 3.8) is 0 Å². The van der Waals surface area contributed by atoms with E-state index >= 15 is 0 Å². The van der Waals surface area contributed by atoms with Gasteiger partial charge in [-0.2, -0.15) is 0 Å². The maximum Gasteiger partial charge on any atom is 0.308 e. The number of anilines is 1. The molecule has 0 heterocycles.